The van der Waals surface area contributed by atoms with Crippen molar-refractivity contribution in [3.05, 3.63) is 58.7 Å². The Morgan fingerprint density at radius 2 is 1.62 bits per heavy atom. The molecule has 0 bridgehead atoms. The molecule has 0 unspecified atom stereocenters. The van der Waals surface area contributed by atoms with Gasteiger partial charge in [-0.25, -0.2) is 4.79 Å². The lowest BCUT2D eigenvalue weighted by Crippen LogP contribution is -2.19. The highest BCUT2D eigenvalue weighted by molar-refractivity contribution is 5.81. The summed E-state index contributed by atoms with van der Waals surface area (Å²) in [5.41, 5.74) is 5.09. The first-order chi connectivity index (χ1) is 12.0. The summed E-state index contributed by atoms with van der Waals surface area (Å²) in [7, 11) is 0. The van der Waals surface area contributed by atoms with Gasteiger partial charge in [-0.1, -0.05) is 55.4 Å². The van der Waals surface area contributed by atoms with Gasteiger partial charge in [-0.15, -0.1) is 0 Å². The Bertz CT molecular complexity index is 652. The molecular formula is C22H32O4. The lowest BCUT2D eigenvalue weighted by molar-refractivity contribution is -0.134. The summed E-state index contributed by atoms with van der Waals surface area (Å²) in [6, 6.07) is 0. The molecule has 2 N–H and O–H groups in total. The summed E-state index contributed by atoms with van der Waals surface area (Å²) in [6.45, 7) is 11.8. The van der Waals surface area contributed by atoms with Gasteiger partial charge in [0.05, 0.1) is 0 Å². The van der Waals surface area contributed by atoms with E-state index >= 15 is 0 Å². The number of carboxylic acid groups (broad SMARTS) is 2. The van der Waals surface area contributed by atoms with Crippen molar-refractivity contribution >= 4 is 11.9 Å². The van der Waals surface area contributed by atoms with Crippen LogP contribution in [0.15, 0.2) is 58.7 Å². The van der Waals surface area contributed by atoms with Crippen LogP contribution in [-0.4, -0.2) is 22.2 Å². The van der Waals surface area contributed by atoms with Gasteiger partial charge < -0.3 is 10.2 Å². The molecule has 0 saturated carbocycles. The van der Waals surface area contributed by atoms with Crippen molar-refractivity contribution in [3.8, 4) is 0 Å². The van der Waals surface area contributed by atoms with Crippen LogP contribution in [0, 0.1) is 5.41 Å². The molecule has 0 amide bonds. The molecule has 144 valence electrons. The molecule has 1 aliphatic carbocycles. The maximum absolute atomic E-state index is 10.5. The average Bonchev–Trinajstić information content (AvgIpc) is 2.44. The standard InChI is InChI=1S/C20H28O2.C2H4O2/c1-15(8-6-9-16(2)14-19(21)22)11-12-18-17(3)10-7-13-20(18,4)5;1-2(3)4/h6,8-9,11-12,14H,7,10,13H2,1-5H3,(H,21,22);1H3,(H,3,4)/b9-6+,12-11+,15-8+,16-14+;. The summed E-state index contributed by atoms with van der Waals surface area (Å²) in [5.74, 6) is -1.75. The fraction of sp³-hybridized carbons (Fsp3) is 0.455. The third-order valence-electron chi connectivity index (χ3n) is 4.12. The maximum atomic E-state index is 10.5. The SMILES string of the molecule is CC(=O)O.CC1=C(/C=C/C(C)=C/C=C/C(C)=C/C(=O)O)C(C)(C)CCC1. The molecule has 0 saturated heterocycles. The van der Waals surface area contributed by atoms with E-state index in [9.17, 15) is 4.79 Å². The summed E-state index contributed by atoms with van der Waals surface area (Å²) in [4.78, 5) is 19.5. The Labute approximate surface area is 157 Å². The van der Waals surface area contributed by atoms with Crippen molar-refractivity contribution in [1.29, 1.82) is 0 Å². The summed E-state index contributed by atoms with van der Waals surface area (Å²) < 4.78 is 0. The lowest BCUT2D eigenvalue weighted by Gasteiger charge is -2.32. The second kappa shape index (κ2) is 11.3. The van der Waals surface area contributed by atoms with Gasteiger partial charge in [-0.2, -0.15) is 0 Å². The summed E-state index contributed by atoms with van der Waals surface area (Å²) >= 11 is 0. The van der Waals surface area contributed by atoms with Crippen molar-refractivity contribution in [1.82, 2.24) is 0 Å². The van der Waals surface area contributed by atoms with Crippen LogP contribution in [0.2, 0.25) is 0 Å². The highest BCUT2D eigenvalue weighted by atomic mass is 16.4. The second-order valence-corrected chi connectivity index (χ2v) is 7.28. The van der Waals surface area contributed by atoms with E-state index in [0.717, 1.165) is 18.1 Å². The van der Waals surface area contributed by atoms with Crippen LogP contribution in [0.1, 0.15) is 60.8 Å². The molecule has 0 fully saturated rings. The van der Waals surface area contributed by atoms with Crippen molar-refractivity contribution < 1.29 is 19.8 Å². The molecule has 0 aliphatic heterocycles. The molecule has 0 atom stereocenters. The number of hydrogen-bond acceptors (Lipinski definition) is 2. The van der Waals surface area contributed by atoms with E-state index in [1.54, 1.807) is 13.0 Å². The normalized spacial score (nSPS) is 18.1. The largest absolute Gasteiger partial charge is 0.481 e. The van der Waals surface area contributed by atoms with E-state index in [1.165, 1.54) is 36.5 Å². The van der Waals surface area contributed by atoms with Gasteiger partial charge in [0.15, 0.2) is 0 Å². The Hall–Kier alpha value is -2.36. The highest BCUT2D eigenvalue weighted by Crippen LogP contribution is 2.40. The quantitative estimate of drug-likeness (QED) is 0.487. The molecule has 1 rings (SSSR count). The molecule has 1 aliphatic rings. The topological polar surface area (TPSA) is 74.6 Å². The van der Waals surface area contributed by atoms with Gasteiger partial charge in [0, 0.05) is 13.0 Å². The van der Waals surface area contributed by atoms with Crippen LogP contribution < -0.4 is 0 Å². The first-order valence-corrected chi connectivity index (χ1v) is 8.79. The predicted molar refractivity (Wildman–Crippen MR) is 107 cm³/mol. The smallest absolute Gasteiger partial charge is 0.328 e. The molecule has 0 aromatic heterocycles. The lowest BCUT2D eigenvalue weighted by atomic mass is 9.72. The first-order valence-electron chi connectivity index (χ1n) is 8.79. The van der Waals surface area contributed by atoms with Gasteiger partial charge in [0.25, 0.3) is 5.97 Å². The summed E-state index contributed by atoms with van der Waals surface area (Å²) in [5, 5.41) is 16.1. The number of aliphatic carboxylic acids is 2. The number of allylic oxidation sites excluding steroid dienone is 9. The van der Waals surface area contributed by atoms with E-state index in [2.05, 4.69) is 39.8 Å². The van der Waals surface area contributed by atoms with Crippen LogP contribution >= 0.6 is 0 Å². The molecular weight excluding hydrogens is 328 g/mol. The van der Waals surface area contributed by atoms with Gasteiger partial charge in [0.2, 0.25) is 0 Å². The molecule has 4 heteroatoms. The van der Waals surface area contributed by atoms with Gasteiger partial charge in [-0.05, 0) is 56.6 Å². The van der Waals surface area contributed by atoms with Crippen LogP contribution in [0.4, 0.5) is 0 Å². The third kappa shape index (κ3) is 10.5. The molecule has 0 aromatic carbocycles. The number of hydrogen-bond donors (Lipinski definition) is 2. The minimum atomic E-state index is -0.912. The zero-order valence-corrected chi connectivity index (χ0v) is 16.8. The van der Waals surface area contributed by atoms with Crippen LogP contribution in [-0.2, 0) is 9.59 Å². The Balaban J connectivity index is 0.00000141. The minimum absolute atomic E-state index is 0.260. The minimum Gasteiger partial charge on any atom is -0.481 e. The Kier molecular flexibility index (Phi) is 10.3. The molecule has 0 spiro atoms. The highest BCUT2D eigenvalue weighted by Gasteiger charge is 2.26. The van der Waals surface area contributed by atoms with Crippen molar-refractivity contribution in [3.63, 3.8) is 0 Å². The number of carboxylic acids is 2. The predicted octanol–water partition coefficient (Wildman–Crippen LogP) is 5.69. The maximum Gasteiger partial charge on any atom is 0.328 e. The summed E-state index contributed by atoms with van der Waals surface area (Å²) in [6.07, 6.45) is 15.0. The van der Waals surface area contributed by atoms with Crippen molar-refractivity contribution in [2.45, 2.75) is 60.8 Å². The van der Waals surface area contributed by atoms with Gasteiger partial charge in [-0.3, -0.25) is 4.79 Å². The molecule has 4 nitrogen and oxygen atoms in total. The average molecular weight is 360 g/mol. The van der Waals surface area contributed by atoms with E-state index < -0.39 is 11.9 Å². The number of rotatable bonds is 5. The second-order valence-electron chi connectivity index (χ2n) is 7.28. The fourth-order valence-corrected chi connectivity index (χ4v) is 2.88. The Morgan fingerprint density at radius 1 is 1.04 bits per heavy atom. The monoisotopic (exact) mass is 360 g/mol. The zero-order valence-electron chi connectivity index (χ0n) is 16.8. The van der Waals surface area contributed by atoms with Crippen LogP contribution in [0.25, 0.3) is 0 Å². The molecule has 0 aromatic rings. The van der Waals surface area contributed by atoms with E-state index in [0.29, 0.717) is 0 Å². The van der Waals surface area contributed by atoms with Crippen LogP contribution in [0.5, 0.6) is 0 Å². The van der Waals surface area contributed by atoms with E-state index in [1.807, 2.05) is 12.2 Å². The third-order valence-corrected chi connectivity index (χ3v) is 4.12. The van der Waals surface area contributed by atoms with E-state index in [4.69, 9.17) is 15.0 Å². The molecule has 26 heavy (non-hydrogen) atoms. The van der Waals surface area contributed by atoms with E-state index in [-0.39, 0.29) is 5.41 Å². The van der Waals surface area contributed by atoms with Crippen molar-refractivity contribution in [2.24, 2.45) is 5.41 Å². The first kappa shape index (κ1) is 23.6. The van der Waals surface area contributed by atoms with Crippen molar-refractivity contribution in [2.75, 3.05) is 0 Å². The number of carbonyl (C=O) groups is 2. The molecule has 0 radical (unpaired) electrons. The van der Waals surface area contributed by atoms with Crippen LogP contribution in [0.3, 0.4) is 0 Å². The Morgan fingerprint density at radius 3 is 2.12 bits per heavy atom. The van der Waals surface area contributed by atoms with Gasteiger partial charge in [0.1, 0.15) is 0 Å². The fourth-order valence-electron chi connectivity index (χ4n) is 2.88. The zero-order chi connectivity index (χ0) is 20.3. The molecule has 0 heterocycles. The van der Waals surface area contributed by atoms with Gasteiger partial charge >= 0.3 is 5.97 Å².